The van der Waals surface area contributed by atoms with Crippen LogP contribution in [-0.4, -0.2) is 59.6 Å². The molecule has 2 heterocycles. The number of carbonyl (C=O) groups is 1. The van der Waals surface area contributed by atoms with Crippen molar-refractivity contribution in [1.29, 1.82) is 0 Å². The SMILES string of the molecule is COc1cc(NC(=O)C[NH+]2CC[NH+](Cc3ccc4c(c3)OCO4)CC2)cc(OC)c1. The molecular weight excluding hydrogens is 386 g/mol. The van der Waals surface area contributed by atoms with Crippen molar-refractivity contribution in [3.63, 3.8) is 0 Å². The predicted octanol–water partition coefficient (Wildman–Crippen LogP) is -0.645. The number of fused-ring (bicyclic) bond motifs is 1. The number of carbonyl (C=O) groups excluding carboxylic acids is 1. The maximum absolute atomic E-state index is 12.5. The summed E-state index contributed by atoms with van der Waals surface area (Å²) >= 11 is 0. The lowest BCUT2D eigenvalue weighted by Crippen LogP contribution is -3.28. The minimum atomic E-state index is -0.000438. The fourth-order valence-corrected chi connectivity index (χ4v) is 3.96. The molecule has 4 rings (SSSR count). The molecule has 0 aromatic heterocycles. The Kier molecular flexibility index (Phi) is 6.25. The molecule has 0 bridgehead atoms. The molecule has 1 amide bonds. The maximum Gasteiger partial charge on any atom is 0.279 e. The zero-order valence-electron chi connectivity index (χ0n) is 17.5. The lowest BCUT2D eigenvalue weighted by Gasteiger charge is -2.29. The van der Waals surface area contributed by atoms with Gasteiger partial charge >= 0.3 is 0 Å². The second-order valence-electron chi connectivity index (χ2n) is 7.69. The highest BCUT2D eigenvalue weighted by Gasteiger charge is 2.25. The Morgan fingerprint density at radius 2 is 1.60 bits per heavy atom. The normalized spacial score (nSPS) is 19.9. The number of nitrogens with one attached hydrogen (secondary N) is 3. The van der Waals surface area contributed by atoms with Gasteiger partial charge in [0.15, 0.2) is 18.0 Å². The fourth-order valence-electron chi connectivity index (χ4n) is 3.96. The number of quaternary nitrogens is 2. The van der Waals surface area contributed by atoms with Crippen LogP contribution in [0.4, 0.5) is 5.69 Å². The maximum atomic E-state index is 12.5. The zero-order chi connectivity index (χ0) is 20.9. The standard InChI is InChI=1S/C22H27N3O5/c1-27-18-10-17(11-19(12-18)28-2)23-22(26)14-25-7-5-24(6-8-25)13-16-3-4-20-21(9-16)30-15-29-20/h3-4,9-12H,5-8,13-15H2,1-2H3,(H,23,26)/p+2. The predicted molar refractivity (Wildman–Crippen MR) is 111 cm³/mol. The lowest BCUT2D eigenvalue weighted by molar-refractivity contribution is -1.02. The van der Waals surface area contributed by atoms with E-state index in [-0.39, 0.29) is 5.91 Å². The highest BCUT2D eigenvalue weighted by Crippen LogP contribution is 2.32. The number of piperazine rings is 1. The smallest absolute Gasteiger partial charge is 0.279 e. The minimum Gasteiger partial charge on any atom is -0.497 e. The lowest BCUT2D eigenvalue weighted by atomic mass is 10.1. The second kappa shape index (κ2) is 9.23. The Hall–Kier alpha value is -2.97. The number of amides is 1. The number of benzene rings is 2. The Morgan fingerprint density at radius 3 is 2.30 bits per heavy atom. The van der Waals surface area contributed by atoms with Crippen LogP contribution < -0.4 is 34.1 Å². The third-order valence-corrected chi connectivity index (χ3v) is 5.60. The molecule has 2 aromatic rings. The average molecular weight is 415 g/mol. The van der Waals surface area contributed by atoms with E-state index in [0.29, 0.717) is 30.5 Å². The summed E-state index contributed by atoms with van der Waals surface area (Å²) in [6.45, 7) is 5.71. The quantitative estimate of drug-likeness (QED) is 0.561. The molecule has 2 aromatic carbocycles. The third-order valence-electron chi connectivity index (χ3n) is 5.60. The number of hydrogen-bond acceptors (Lipinski definition) is 5. The topological polar surface area (TPSA) is 74.9 Å². The first-order chi connectivity index (χ1) is 14.6. The van der Waals surface area contributed by atoms with Crippen molar-refractivity contribution in [1.82, 2.24) is 0 Å². The molecule has 2 aliphatic heterocycles. The molecule has 30 heavy (non-hydrogen) atoms. The minimum absolute atomic E-state index is 0.000438. The van der Waals surface area contributed by atoms with E-state index >= 15 is 0 Å². The molecule has 3 N–H and O–H groups in total. The first-order valence-electron chi connectivity index (χ1n) is 10.2. The molecule has 0 unspecified atom stereocenters. The van der Waals surface area contributed by atoms with Gasteiger partial charge < -0.3 is 34.1 Å². The third kappa shape index (κ3) is 4.95. The van der Waals surface area contributed by atoms with E-state index in [9.17, 15) is 4.79 Å². The van der Waals surface area contributed by atoms with Crippen LogP contribution in [0.15, 0.2) is 36.4 Å². The van der Waals surface area contributed by atoms with Crippen molar-refractivity contribution in [2.24, 2.45) is 0 Å². The Balaban J connectivity index is 1.25. The summed E-state index contributed by atoms with van der Waals surface area (Å²) < 4.78 is 21.4. The highest BCUT2D eigenvalue weighted by atomic mass is 16.7. The van der Waals surface area contributed by atoms with E-state index in [0.717, 1.165) is 44.2 Å². The van der Waals surface area contributed by atoms with Crippen molar-refractivity contribution < 1.29 is 33.5 Å². The van der Waals surface area contributed by atoms with Crippen molar-refractivity contribution >= 4 is 11.6 Å². The number of rotatable bonds is 7. The molecule has 160 valence electrons. The van der Waals surface area contributed by atoms with Gasteiger partial charge in [-0.2, -0.15) is 0 Å². The first kappa shape index (κ1) is 20.3. The molecule has 8 nitrogen and oxygen atoms in total. The number of ether oxygens (including phenoxy) is 4. The van der Waals surface area contributed by atoms with Crippen molar-refractivity contribution in [3.8, 4) is 23.0 Å². The number of anilines is 1. The van der Waals surface area contributed by atoms with Crippen molar-refractivity contribution in [2.75, 3.05) is 59.1 Å². The molecular formula is C22H29N3O5+2. The van der Waals surface area contributed by atoms with E-state index in [2.05, 4.69) is 17.4 Å². The molecule has 2 aliphatic rings. The molecule has 0 saturated carbocycles. The van der Waals surface area contributed by atoms with Crippen LogP contribution >= 0.6 is 0 Å². The van der Waals surface area contributed by atoms with E-state index in [1.807, 2.05) is 6.07 Å². The van der Waals surface area contributed by atoms with Gasteiger partial charge in [-0.1, -0.05) is 0 Å². The van der Waals surface area contributed by atoms with Crippen molar-refractivity contribution in [2.45, 2.75) is 6.54 Å². The van der Waals surface area contributed by atoms with Crippen LogP contribution in [0.5, 0.6) is 23.0 Å². The van der Waals surface area contributed by atoms with E-state index in [1.54, 1.807) is 32.4 Å². The van der Waals surface area contributed by atoms with E-state index < -0.39 is 0 Å². The van der Waals surface area contributed by atoms with Crippen LogP contribution in [-0.2, 0) is 11.3 Å². The van der Waals surface area contributed by atoms with Gasteiger partial charge in [0.1, 0.15) is 44.2 Å². The van der Waals surface area contributed by atoms with Gasteiger partial charge in [0.25, 0.3) is 5.91 Å². The molecule has 0 atom stereocenters. The zero-order valence-corrected chi connectivity index (χ0v) is 17.5. The van der Waals surface area contributed by atoms with Gasteiger partial charge in [0.05, 0.1) is 14.2 Å². The van der Waals surface area contributed by atoms with Crippen LogP contribution in [0, 0.1) is 0 Å². The monoisotopic (exact) mass is 415 g/mol. The molecule has 0 radical (unpaired) electrons. The van der Waals surface area contributed by atoms with Crippen LogP contribution in [0.25, 0.3) is 0 Å². The molecule has 8 heteroatoms. The number of methoxy groups -OCH3 is 2. The largest absolute Gasteiger partial charge is 0.497 e. The summed E-state index contributed by atoms with van der Waals surface area (Å²) in [6, 6.07) is 11.5. The first-order valence-corrected chi connectivity index (χ1v) is 10.2. The Bertz CT molecular complexity index is 874. The van der Waals surface area contributed by atoms with Gasteiger partial charge in [-0.15, -0.1) is 0 Å². The van der Waals surface area contributed by atoms with Crippen LogP contribution in [0.2, 0.25) is 0 Å². The van der Waals surface area contributed by atoms with Gasteiger partial charge in [-0.3, -0.25) is 4.79 Å². The summed E-state index contributed by atoms with van der Waals surface area (Å²) in [6.07, 6.45) is 0. The Morgan fingerprint density at radius 1 is 0.933 bits per heavy atom. The van der Waals surface area contributed by atoms with Gasteiger partial charge in [0, 0.05) is 29.4 Å². The van der Waals surface area contributed by atoms with E-state index in [4.69, 9.17) is 18.9 Å². The molecule has 0 aliphatic carbocycles. The molecule has 0 spiro atoms. The van der Waals surface area contributed by atoms with Crippen LogP contribution in [0.3, 0.4) is 0 Å². The van der Waals surface area contributed by atoms with Gasteiger partial charge in [-0.05, 0) is 18.2 Å². The summed E-state index contributed by atoms with van der Waals surface area (Å²) in [5.74, 6) is 2.96. The Labute approximate surface area is 176 Å². The van der Waals surface area contributed by atoms with Gasteiger partial charge in [0.2, 0.25) is 6.79 Å². The van der Waals surface area contributed by atoms with Crippen LogP contribution in [0.1, 0.15) is 5.56 Å². The second-order valence-corrected chi connectivity index (χ2v) is 7.69. The summed E-state index contributed by atoms with van der Waals surface area (Å²) in [7, 11) is 3.19. The summed E-state index contributed by atoms with van der Waals surface area (Å²) in [5, 5.41) is 2.96. The number of hydrogen-bond donors (Lipinski definition) is 3. The fraction of sp³-hybridized carbons (Fsp3) is 0.409. The summed E-state index contributed by atoms with van der Waals surface area (Å²) in [5.41, 5.74) is 1.94. The highest BCUT2D eigenvalue weighted by molar-refractivity contribution is 5.91. The average Bonchev–Trinajstić information content (AvgIpc) is 3.22. The molecule has 1 saturated heterocycles. The van der Waals surface area contributed by atoms with Crippen molar-refractivity contribution in [3.05, 3.63) is 42.0 Å². The molecule has 1 fully saturated rings. The van der Waals surface area contributed by atoms with Gasteiger partial charge in [-0.25, -0.2) is 0 Å². The summed E-state index contributed by atoms with van der Waals surface area (Å²) in [4.78, 5) is 15.3. The van der Waals surface area contributed by atoms with E-state index in [1.165, 1.54) is 15.4 Å².